The SMILES string of the molecule is CCN(CC)S(=O)(=O)c1cccc(C(=O)NCC(F)(F)F)c1. The molecule has 0 spiro atoms. The number of carbonyl (C=O) groups is 1. The van der Waals surface area contributed by atoms with Gasteiger partial charge in [0.2, 0.25) is 10.0 Å². The fraction of sp³-hybridized carbons (Fsp3) is 0.462. The minimum atomic E-state index is -4.53. The first kappa shape index (κ1) is 18.4. The number of sulfonamides is 1. The van der Waals surface area contributed by atoms with Gasteiger partial charge in [0.1, 0.15) is 6.54 Å². The van der Waals surface area contributed by atoms with Gasteiger partial charge in [0.15, 0.2) is 0 Å². The summed E-state index contributed by atoms with van der Waals surface area (Å²) in [6.45, 7) is 2.37. The predicted octanol–water partition coefficient (Wildman–Crippen LogP) is 2.01. The Morgan fingerprint density at radius 1 is 1.23 bits per heavy atom. The van der Waals surface area contributed by atoms with E-state index < -0.39 is 28.7 Å². The van der Waals surface area contributed by atoms with E-state index in [1.807, 2.05) is 0 Å². The molecular weight excluding hydrogens is 321 g/mol. The van der Waals surface area contributed by atoms with Crippen LogP contribution in [0.2, 0.25) is 0 Å². The van der Waals surface area contributed by atoms with E-state index >= 15 is 0 Å². The van der Waals surface area contributed by atoms with Crippen LogP contribution >= 0.6 is 0 Å². The molecule has 0 heterocycles. The third kappa shape index (κ3) is 4.70. The number of hydrogen-bond acceptors (Lipinski definition) is 3. The molecule has 1 aromatic rings. The van der Waals surface area contributed by atoms with Crippen molar-refractivity contribution in [3.8, 4) is 0 Å². The van der Waals surface area contributed by atoms with Crippen LogP contribution in [0.4, 0.5) is 13.2 Å². The first-order chi connectivity index (χ1) is 10.1. The lowest BCUT2D eigenvalue weighted by molar-refractivity contribution is -0.123. The average Bonchev–Trinajstić information content (AvgIpc) is 2.45. The van der Waals surface area contributed by atoms with Crippen molar-refractivity contribution in [2.45, 2.75) is 24.9 Å². The number of hydrogen-bond donors (Lipinski definition) is 1. The molecular formula is C13H17F3N2O3S. The first-order valence-electron chi connectivity index (χ1n) is 6.57. The number of benzene rings is 1. The Morgan fingerprint density at radius 2 is 1.82 bits per heavy atom. The van der Waals surface area contributed by atoms with Crippen molar-refractivity contribution in [3.05, 3.63) is 29.8 Å². The van der Waals surface area contributed by atoms with E-state index in [9.17, 15) is 26.4 Å². The molecule has 9 heteroatoms. The summed E-state index contributed by atoms with van der Waals surface area (Å²) in [5.74, 6) is -0.978. The molecule has 1 aromatic carbocycles. The zero-order valence-corrected chi connectivity index (χ0v) is 13.0. The van der Waals surface area contributed by atoms with Crippen molar-refractivity contribution in [2.75, 3.05) is 19.6 Å². The molecule has 1 amide bonds. The van der Waals surface area contributed by atoms with E-state index in [4.69, 9.17) is 0 Å². The average molecular weight is 338 g/mol. The van der Waals surface area contributed by atoms with Crippen molar-refractivity contribution < 1.29 is 26.4 Å². The van der Waals surface area contributed by atoms with E-state index in [1.54, 1.807) is 19.2 Å². The summed E-state index contributed by atoms with van der Waals surface area (Å²) >= 11 is 0. The smallest absolute Gasteiger partial charge is 0.343 e. The third-order valence-electron chi connectivity index (χ3n) is 2.89. The van der Waals surface area contributed by atoms with Crippen LogP contribution in [-0.4, -0.2) is 44.4 Å². The molecule has 0 fully saturated rings. The Balaban J connectivity index is 3.02. The fourth-order valence-corrected chi connectivity index (χ4v) is 3.30. The molecule has 0 saturated carbocycles. The Labute approximate surface area is 127 Å². The molecule has 0 aromatic heterocycles. The lowest BCUT2D eigenvalue weighted by Gasteiger charge is -2.18. The minimum Gasteiger partial charge on any atom is -0.343 e. The lowest BCUT2D eigenvalue weighted by atomic mass is 10.2. The van der Waals surface area contributed by atoms with Gasteiger partial charge in [-0.3, -0.25) is 4.79 Å². The third-order valence-corrected chi connectivity index (χ3v) is 4.93. The highest BCUT2D eigenvalue weighted by Gasteiger charge is 2.28. The van der Waals surface area contributed by atoms with Crippen molar-refractivity contribution in [1.82, 2.24) is 9.62 Å². The molecule has 124 valence electrons. The molecule has 0 radical (unpaired) electrons. The second-order valence-corrected chi connectivity index (χ2v) is 6.35. The molecule has 0 aliphatic heterocycles. The Morgan fingerprint density at radius 3 is 2.32 bits per heavy atom. The van der Waals surface area contributed by atoms with Gasteiger partial charge in [0.25, 0.3) is 5.91 Å². The summed E-state index contributed by atoms with van der Waals surface area (Å²) in [7, 11) is -3.77. The maximum absolute atomic E-state index is 12.3. The summed E-state index contributed by atoms with van der Waals surface area (Å²) < 4.78 is 62.0. The highest BCUT2D eigenvalue weighted by atomic mass is 32.2. The van der Waals surface area contributed by atoms with Crippen LogP contribution in [0, 0.1) is 0 Å². The normalized spacial score (nSPS) is 12.5. The summed E-state index contributed by atoms with van der Waals surface area (Å²) in [4.78, 5) is 11.5. The molecule has 1 rings (SSSR count). The van der Waals surface area contributed by atoms with Crippen LogP contribution in [0.3, 0.4) is 0 Å². The van der Waals surface area contributed by atoms with Gasteiger partial charge in [-0.2, -0.15) is 17.5 Å². The van der Waals surface area contributed by atoms with Crippen LogP contribution in [0.5, 0.6) is 0 Å². The van der Waals surface area contributed by atoms with Gasteiger partial charge in [-0.25, -0.2) is 8.42 Å². The second-order valence-electron chi connectivity index (χ2n) is 4.42. The van der Waals surface area contributed by atoms with Crippen molar-refractivity contribution in [3.63, 3.8) is 0 Å². The van der Waals surface area contributed by atoms with E-state index in [2.05, 4.69) is 0 Å². The standard InChI is InChI=1S/C13H17F3N2O3S/c1-3-18(4-2)22(20,21)11-7-5-6-10(8-11)12(19)17-9-13(14,15)16/h5-8H,3-4,9H2,1-2H3,(H,17,19). The number of nitrogens with one attached hydrogen (secondary N) is 1. The molecule has 0 unspecified atom stereocenters. The minimum absolute atomic E-state index is 0.129. The van der Waals surface area contributed by atoms with E-state index in [0.29, 0.717) is 0 Å². The summed E-state index contributed by atoms with van der Waals surface area (Å²) in [6.07, 6.45) is -4.53. The van der Waals surface area contributed by atoms with E-state index in [0.717, 1.165) is 6.07 Å². The van der Waals surface area contributed by atoms with Crippen LogP contribution in [0.1, 0.15) is 24.2 Å². The first-order valence-corrected chi connectivity index (χ1v) is 8.01. The van der Waals surface area contributed by atoms with Gasteiger partial charge < -0.3 is 5.32 Å². The molecule has 0 bridgehead atoms. The molecule has 0 aliphatic rings. The molecule has 1 N–H and O–H groups in total. The molecule has 0 aliphatic carbocycles. The number of carbonyl (C=O) groups excluding carboxylic acids is 1. The Bertz CT molecular complexity index is 626. The molecule has 22 heavy (non-hydrogen) atoms. The second kappa shape index (κ2) is 7.10. The summed E-state index contributed by atoms with van der Waals surface area (Å²) in [5.41, 5.74) is -0.141. The number of nitrogens with zero attached hydrogens (tertiary/aromatic N) is 1. The topological polar surface area (TPSA) is 66.5 Å². The van der Waals surface area contributed by atoms with Gasteiger partial charge in [-0.15, -0.1) is 0 Å². The molecule has 5 nitrogen and oxygen atoms in total. The number of rotatable bonds is 6. The largest absolute Gasteiger partial charge is 0.405 e. The maximum Gasteiger partial charge on any atom is 0.405 e. The van der Waals surface area contributed by atoms with Gasteiger partial charge in [-0.1, -0.05) is 19.9 Å². The van der Waals surface area contributed by atoms with Gasteiger partial charge in [-0.05, 0) is 18.2 Å². The Hall–Kier alpha value is -1.61. The highest BCUT2D eigenvalue weighted by molar-refractivity contribution is 7.89. The van der Waals surface area contributed by atoms with Gasteiger partial charge >= 0.3 is 6.18 Å². The monoisotopic (exact) mass is 338 g/mol. The van der Waals surface area contributed by atoms with E-state index in [1.165, 1.54) is 22.5 Å². The predicted molar refractivity (Wildman–Crippen MR) is 74.9 cm³/mol. The number of halogens is 3. The quantitative estimate of drug-likeness (QED) is 0.863. The zero-order chi connectivity index (χ0) is 17.0. The highest BCUT2D eigenvalue weighted by Crippen LogP contribution is 2.17. The van der Waals surface area contributed by atoms with Crippen LogP contribution in [-0.2, 0) is 10.0 Å². The summed E-state index contributed by atoms with van der Waals surface area (Å²) in [5, 5.41) is 1.70. The van der Waals surface area contributed by atoms with Crippen LogP contribution in [0.15, 0.2) is 29.2 Å². The van der Waals surface area contributed by atoms with Crippen molar-refractivity contribution in [1.29, 1.82) is 0 Å². The maximum atomic E-state index is 12.3. The van der Waals surface area contributed by atoms with Crippen molar-refractivity contribution in [2.24, 2.45) is 0 Å². The fourth-order valence-electron chi connectivity index (χ4n) is 1.79. The van der Waals surface area contributed by atoms with Crippen LogP contribution in [0.25, 0.3) is 0 Å². The Kier molecular flexibility index (Phi) is 5.95. The lowest BCUT2D eigenvalue weighted by Crippen LogP contribution is -2.34. The summed E-state index contributed by atoms with van der Waals surface area (Å²) in [6, 6.07) is 4.94. The molecule has 0 atom stereocenters. The number of alkyl halides is 3. The number of amides is 1. The van der Waals surface area contributed by atoms with Gasteiger partial charge in [0.05, 0.1) is 4.90 Å². The van der Waals surface area contributed by atoms with Gasteiger partial charge in [0, 0.05) is 18.7 Å². The van der Waals surface area contributed by atoms with Crippen molar-refractivity contribution >= 4 is 15.9 Å². The van der Waals surface area contributed by atoms with E-state index in [-0.39, 0.29) is 23.5 Å². The van der Waals surface area contributed by atoms with Crippen LogP contribution < -0.4 is 5.32 Å². The molecule has 0 saturated heterocycles. The zero-order valence-electron chi connectivity index (χ0n) is 12.1.